The summed E-state index contributed by atoms with van der Waals surface area (Å²) in [5, 5.41) is 7.40. The summed E-state index contributed by atoms with van der Waals surface area (Å²) in [5.74, 6) is -0.0177. The van der Waals surface area contributed by atoms with Crippen LogP contribution in [0.4, 0.5) is 17.6 Å². The predicted octanol–water partition coefficient (Wildman–Crippen LogP) is 3.86. The van der Waals surface area contributed by atoms with Crippen molar-refractivity contribution in [1.29, 1.82) is 0 Å². The van der Waals surface area contributed by atoms with Gasteiger partial charge in [0.25, 0.3) is 0 Å². The fraction of sp³-hybridized carbons (Fsp3) is 0.333. The summed E-state index contributed by atoms with van der Waals surface area (Å²) in [6.07, 6.45) is -4.12. The fourth-order valence-electron chi connectivity index (χ4n) is 1.98. The molecule has 1 heterocycles. The van der Waals surface area contributed by atoms with Crippen LogP contribution in [0.2, 0.25) is 5.02 Å². The minimum absolute atomic E-state index is 0.0981. The molecule has 0 bridgehead atoms. The van der Waals surface area contributed by atoms with Gasteiger partial charge in [-0.2, -0.15) is 13.2 Å². The van der Waals surface area contributed by atoms with Gasteiger partial charge in [0, 0.05) is 29.6 Å². The van der Waals surface area contributed by atoms with Crippen molar-refractivity contribution in [3.8, 4) is 0 Å². The van der Waals surface area contributed by atoms with Gasteiger partial charge < -0.3 is 10.6 Å². The molecule has 136 valence electrons. The quantitative estimate of drug-likeness (QED) is 0.460. The Balaban J connectivity index is 1.84. The fourth-order valence-corrected chi connectivity index (χ4v) is 2.98. The molecule has 1 aromatic carbocycles. The van der Waals surface area contributed by atoms with Crippen molar-refractivity contribution in [2.75, 3.05) is 13.6 Å². The van der Waals surface area contributed by atoms with Crippen molar-refractivity contribution in [3.63, 3.8) is 0 Å². The third-order valence-corrected chi connectivity index (χ3v) is 4.40. The van der Waals surface area contributed by atoms with Gasteiger partial charge in [-0.1, -0.05) is 17.7 Å². The SMILES string of the molecule is CN=C(NCCc1c(F)cccc1Cl)NCc1nc(C(F)(F)F)cs1. The van der Waals surface area contributed by atoms with E-state index in [0.29, 0.717) is 29.5 Å². The van der Waals surface area contributed by atoms with Crippen molar-refractivity contribution in [2.45, 2.75) is 19.1 Å². The van der Waals surface area contributed by atoms with Crippen LogP contribution in [0.5, 0.6) is 0 Å². The topological polar surface area (TPSA) is 49.3 Å². The van der Waals surface area contributed by atoms with Gasteiger partial charge in [-0.15, -0.1) is 11.3 Å². The predicted molar refractivity (Wildman–Crippen MR) is 90.4 cm³/mol. The van der Waals surface area contributed by atoms with Gasteiger partial charge in [-0.25, -0.2) is 9.37 Å². The van der Waals surface area contributed by atoms with Gasteiger partial charge in [-0.3, -0.25) is 4.99 Å². The first-order chi connectivity index (χ1) is 11.8. The summed E-state index contributed by atoms with van der Waals surface area (Å²) < 4.78 is 51.2. The summed E-state index contributed by atoms with van der Waals surface area (Å²) in [7, 11) is 1.52. The molecule has 2 rings (SSSR count). The zero-order valence-corrected chi connectivity index (χ0v) is 14.7. The molecule has 0 saturated carbocycles. The molecule has 0 unspecified atom stereocenters. The molecule has 4 nitrogen and oxygen atoms in total. The summed E-state index contributed by atoms with van der Waals surface area (Å²) in [5.41, 5.74) is -0.520. The number of hydrogen-bond donors (Lipinski definition) is 2. The van der Waals surface area contributed by atoms with Gasteiger partial charge >= 0.3 is 6.18 Å². The standard InChI is InChI=1S/C15H15ClF4N4S/c1-21-14(22-6-5-9-10(16)3-2-4-11(9)17)23-7-13-24-12(8-25-13)15(18,19)20/h2-4,8H,5-7H2,1H3,(H2,21,22,23). The van der Waals surface area contributed by atoms with Crippen molar-refractivity contribution >= 4 is 28.9 Å². The van der Waals surface area contributed by atoms with Crippen molar-refractivity contribution in [1.82, 2.24) is 15.6 Å². The van der Waals surface area contributed by atoms with E-state index < -0.39 is 11.9 Å². The largest absolute Gasteiger partial charge is 0.434 e. The van der Waals surface area contributed by atoms with E-state index in [4.69, 9.17) is 11.6 Å². The zero-order valence-electron chi connectivity index (χ0n) is 13.1. The van der Waals surface area contributed by atoms with E-state index in [0.717, 1.165) is 16.7 Å². The number of alkyl halides is 3. The van der Waals surface area contributed by atoms with Crippen LogP contribution in [-0.4, -0.2) is 24.5 Å². The normalized spacial score (nSPS) is 12.3. The molecule has 2 aromatic rings. The molecule has 0 saturated heterocycles. The summed E-state index contributed by atoms with van der Waals surface area (Å²) in [6, 6.07) is 4.46. The van der Waals surface area contributed by atoms with Gasteiger partial charge in [0.05, 0.1) is 6.54 Å². The van der Waals surface area contributed by atoms with Crippen LogP contribution in [0, 0.1) is 5.82 Å². The highest BCUT2D eigenvalue weighted by Crippen LogP contribution is 2.29. The molecule has 1 aromatic heterocycles. The maximum atomic E-state index is 13.7. The van der Waals surface area contributed by atoms with Crippen LogP contribution < -0.4 is 10.6 Å². The first-order valence-corrected chi connectivity index (χ1v) is 8.46. The second kappa shape index (κ2) is 8.48. The lowest BCUT2D eigenvalue weighted by Gasteiger charge is -2.12. The number of nitrogens with one attached hydrogen (secondary N) is 2. The Kier molecular flexibility index (Phi) is 6.60. The van der Waals surface area contributed by atoms with Crippen molar-refractivity contribution in [2.24, 2.45) is 4.99 Å². The number of thiazole rings is 1. The molecule has 0 spiro atoms. The maximum Gasteiger partial charge on any atom is 0.434 e. The molecule has 0 aliphatic heterocycles. The average molecular weight is 395 g/mol. The highest BCUT2D eigenvalue weighted by Gasteiger charge is 2.33. The lowest BCUT2D eigenvalue weighted by atomic mass is 10.1. The van der Waals surface area contributed by atoms with Crippen LogP contribution >= 0.6 is 22.9 Å². The Labute approximate surface area is 150 Å². The molecule has 0 aliphatic carbocycles. The molecule has 0 atom stereocenters. The summed E-state index contributed by atoms with van der Waals surface area (Å²) in [6.45, 7) is 0.451. The number of nitrogens with zero attached hydrogens (tertiary/aromatic N) is 2. The lowest BCUT2D eigenvalue weighted by molar-refractivity contribution is -0.140. The summed E-state index contributed by atoms with van der Waals surface area (Å²) >= 11 is 6.86. The molecule has 0 amide bonds. The number of hydrogen-bond acceptors (Lipinski definition) is 3. The minimum Gasteiger partial charge on any atom is -0.356 e. The van der Waals surface area contributed by atoms with Gasteiger partial charge in [-0.05, 0) is 18.6 Å². The molecular formula is C15H15ClF4N4S. The Morgan fingerprint density at radius 3 is 2.68 bits per heavy atom. The number of aliphatic imine (C=N–C) groups is 1. The number of guanidine groups is 1. The van der Waals surface area contributed by atoms with E-state index >= 15 is 0 Å². The van der Waals surface area contributed by atoms with Gasteiger partial charge in [0.15, 0.2) is 11.7 Å². The number of rotatable bonds is 5. The van der Waals surface area contributed by atoms with E-state index in [9.17, 15) is 17.6 Å². The molecule has 25 heavy (non-hydrogen) atoms. The van der Waals surface area contributed by atoms with E-state index in [1.54, 1.807) is 6.07 Å². The average Bonchev–Trinajstić information content (AvgIpc) is 3.02. The van der Waals surface area contributed by atoms with Crippen LogP contribution in [0.1, 0.15) is 16.3 Å². The minimum atomic E-state index is -4.45. The van der Waals surface area contributed by atoms with Crippen LogP contribution in [0.25, 0.3) is 0 Å². The van der Waals surface area contributed by atoms with E-state index in [-0.39, 0.29) is 17.4 Å². The Bertz CT molecular complexity index is 725. The Morgan fingerprint density at radius 2 is 2.08 bits per heavy atom. The third-order valence-electron chi connectivity index (χ3n) is 3.20. The van der Waals surface area contributed by atoms with Crippen molar-refractivity contribution in [3.05, 3.63) is 50.7 Å². The van der Waals surface area contributed by atoms with E-state index in [1.165, 1.54) is 19.2 Å². The molecular weight excluding hydrogens is 380 g/mol. The number of aromatic nitrogens is 1. The third kappa shape index (κ3) is 5.57. The zero-order chi connectivity index (χ0) is 18.4. The monoisotopic (exact) mass is 394 g/mol. The molecule has 0 fully saturated rings. The first kappa shape index (κ1) is 19.5. The molecule has 0 radical (unpaired) electrons. The second-order valence-corrected chi connectivity index (χ2v) is 6.28. The van der Waals surface area contributed by atoms with Crippen molar-refractivity contribution < 1.29 is 17.6 Å². The smallest absolute Gasteiger partial charge is 0.356 e. The Hall–Kier alpha value is -1.87. The highest BCUT2D eigenvalue weighted by molar-refractivity contribution is 7.09. The van der Waals surface area contributed by atoms with Crippen LogP contribution in [0.3, 0.4) is 0 Å². The molecule has 2 N–H and O–H groups in total. The summed E-state index contributed by atoms with van der Waals surface area (Å²) in [4.78, 5) is 7.48. The first-order valence-electron chi connectivity index (χ1n) is 7.20. The Morgan fingerprint density at radius 1 is 1.32 bits per heavy atom. The number of benzene rings is 1. The van der Waals surface area contributed by atoms with E-state index in [2.05, 4.69) is 20.6 Å². The van der Waals surface area contributed by atoms with Crippen LogP contribution in [0.15, 0.2) is 28.6 Å². The van der Waals surface area contributed by atoms with Crippen LogP contribution in [-0.2, 0) is 19.1 Å². The van der Waals surface area contributed by atoms with E-state index in [1.807, 2.05) is 0 Å². The molecule has 10 heteroatoms. The maximum absolute atomic E-state index is 13.7. The second-order valence-electron chi connectivity index (χ2n) is 4.93. The molecule has 0 aliphatic rings. The number of halogens is 5. The van der Waals surface area contributed by atoms with Gasteiger partial charge in [0.1, 0.15) is 10.8 Å². The lowest BCUT2D eigenvalue weighted by Crippen LogP contribution is -2.38. The highest BCUT2D eigenvalue weighted by atomic mass is 35.5. The van der Waals surface area contributed by atoms with Gasteiger partial charge in [0.2, 0.25) is 0 Å².